The molecule has 1 aromatic heterocycles. The van der Waals surface area contributed by atoms with Gasteiger partial charge in [0.25, 0.3) is 0 Å². The highest BCUT2D eigenvalue weighted by Crippen LogP contribution is 2.25. The average molecular weight is 328 g/mol. The smallest absolute Gasteiger partial charge is 0.336 e. The van der Waals surface area contributed by atoms with Gasteiger partial charge in [-0.1, -0.05) is 6.92 Å². The molecular weight excluding hydrogens is 304 g/mol. The topological polar surface area (TPSA) is 62.6 Å². The molecule has 1 atom stereocenters. The van der Waals surface area contributed by atoms with E-state index in [0.717, 1.165) is 41.7 Å². The number of carbonyl (C=O) groups is 1. The first-order valence-electron chi connectivity index (χ1n) is 8.49. The standard InChI is InChI=1S/C19H24N2O3/c1-12-5-4-6-21(10-12)11-18(22)20-16-9-15-13(2)8-19(23)24-17(15)7-14(16)3/h7-9,12H,4-6,10-11H2,1-3H3,(H,20,22). The van der Waals surface area contributed by atoms with Gasteiger partial charge in [-0.3, -0.25) is 9.69 Å². The molecule has 2 heterocycles. The number of hydrogen-bond donors (Lipinski definition) is 1. The highest BCUT2D eigenvalue weighted by Gasteiger charge is 2.19. The zero-order chi connectivity index (χ0) is 17.3. The lowest BCUT2D eigenvalue weighted by Gasteiger charge is -2.30. The van der Waals surface area contributed by atoms with Crippen LogP contribution in [0.4, 0.5) is 5.69 Å². The molecule has 0 saturated carbocycles. The van der Waals surface area contributed by atoms with E-state index in [9.17, 15) is 9.59 Å². The summed E-state index contributed by atoms with van der Waals surface area (Å²) in [4.78, 5) is 26.1. The number of anilines is 1. The Hall–Kier alpha value is -2.14. The molecule has 1 unspecified atom stereocenters. The van der Waals surface area contributed by atoms with Crippen LogP contribution in [0.3, 0.4) is 0 Å². The van der Waals surface area contributed by atoms with Gasteiger partial charge in [0.1, 0.15) is 5.58 Å². The first-order valence-corrected chi connectivity index (χ1v) is 8.49. The van der Waals surface area contributed by atoms with Crippen molar-refractivity contribution in [3.63, 3.8) is 0 Å². The number of hydrogen-bond acceptors (Lipinski definition) is 4. The van der Waals surface area contributed by atoms with Crippen molar-refractivity contribution in [3.05, 3.63) is 39.7 Å². The lowest BCUT2D eigenvalue weighted by Crippen LogP contribution is -2.39. The number of carbonyl (C=O) groups excluding carboxylic acids is 1. The highest BCUT2D eigenvalue weighted by atomic mass is 16.4. The maximum atomic E-state index is 12.4. The van der Waals surface area contributed by atoms with E-state index in [-0.39, 0.29) is 11.5 Å². The summed E-state index contributed by atoms with van der Waals surface area (Å²) in [6.45, 7) is 8.39. The molecule has 1 amide bonds. The first kappa shape index (κ1) is 16.7. The van der Waals surface area contributed by atoms with Crippen molar-refractivity contribution in [3.8, 4) is 0 Å². The summed E-state index contributed by atoms with van der Waals surface area (Å²) in [6.07, 6.45) is 2.40. The van der Waals surface area contributed by atoms with Gasteiger partial charge in [0.05, 0.1) is 6.54 Å². The summed E-state index contributed by atoms with van der Waals surface area (Å²) >= 11 is 0. The molecule has 128 valence electrons. The van der Waals surface area contributed by atoms with Crippen molar-refractivity contribution >= 4 is 22.6 Å². The second-order valence-electron chi connectivity index (χ2n) is 6.94. The Balaban J connectivity index is 1.78. The Morgan fingerprint density at radius 1 is 1.29 bits per heavy atom. The van der Waals surface area contributed by atoms with Gasteiger partial charge in [-0.25, -0.2) is 4.79 Å². The second kappa shape index (κ2) is 6.77. The van der Waals surface area contributed by atoms with Crippen LogP contribution in [0.25, 0.3) is 11.0 Å². The molecule has 24 heavy (non-hydrogen) atoms. The van der Waals surface area contributed by atoms with Crippen LogP contribution in [0.15, 0.2) is 27.4 Å². The maximum absolute atomic E-state index is 12.4. The van der Waals surface area contributed by atoms with Gasteiger partial charge >= 0.3 is 5.63 Å². The molecule has 3 rings (SSSR count). The molecule has 0 radical (unpaired) electrons. The van der Waals surface area contributed by atoms with Crippen LogP contribution in [0, 0.1) is 19.8 Å². The van der Waals surface area contributed by atoms with Crippen molar-refractivity contribution < 1.29 is 9.21 Å². The zero-order valence-electron chi connectivity index (χ0n) is 14.5. The van der Waals surface area contributed by atoms with Gasteiger partial charge in [-0.15, -0.1) is 0 Å². The van der Waals surface area contributed by atoms with Crippen molar-refractivity contribution in [2.24, 2.45) is 5.92 Å². The van der Waals surface area contributed by atoms with Crippen LogP contribution in [-0.2, 0) is 4.79 Å². The lowest BCUT2D eigenvalue weighted by molar-refractivity contribution is -0.117. The monoisotopic (exact) mass is 328 g/mol. The zero-order valence-corrected chi connectivity index (χ0v) is 14.5. The van der Waals surface area contributed by atoms with E-state index in [4.69, 9.17) is 4.42 Å². The Kier molecular flexibility index (Phi) is 4.71. The van der Waals surface area contributed by atoms with Crippen molar-refractivity contribution in [1.29, 1.82) is 0 Å². The molecule has 1 N–H and O–H groups in total. The number of rotatable bonds is 3. The van der Waals surface area contributed by atoms with Crippen molar-refractivity contribution in [2.75, 3.05) is 25.0 Å². The van der Waals surface area contributed by atoms with Gasteiger partial charge in [0.2, 0.25) is 5.91 Å². The molecule has 5 nitrogen and oxygen atoms in total. The second-order valence-corrected chi connectivity index (χ2v) is 6.94. The molecule has 1 aliphatic rings. The van der Waals surface area contributed by atoms with Gasteiger partial charge in [0, 0.05) is 23.7 Å². The molecule has 1 saturated heterocycles. The summed E-state index contributed by atoms with van der Waals surface area (Å²) in [7, 11) is 0. The van der Waals surface area contributed by atoms with Crippen LogP contribution >= 0.6 is 0 Å². The maximum Gasteiger partial charge on any atom is 0.336 e. The number of aryl methyl sites for hydroxylation is 2. The van der Waals surface area contributed by atoms with Crippen LogP contribution in [0.1, 0.15) is 30.9 Å². The van der Waals surface area contributed by atoms with Gasteiger partial charge in [-0.05, 0) is 62.4 Å². The van der Waals surface area contributed by atoms with E-state index in [1.165, 1.54) is 12.5 Å². The largest absolute Gasteiger partial charge is 0.423 e. The quantitative estimate of drug-likeness (QED) is 0.880. The number of likely N-dealkylation sites (tertiary alicyclic amines) is 1. The van der Waals surface area contributed by atoms with E-state index >= 15 is 0 Å². The number of fused-ring (bicyclic) bond motifs is 1. The third kappa shape index (κ3) is 3.67. The Bertz CT molecular complexity index is 825. The van der Waals surface area contributed by atoms with E-state index < -0.39 is 0 Å². The molecule has 1 aliphatic heterocycles. The molecule has 0 spiro atoms. The number of nitrogens with zero attached hydrogens (tertiary/aromatic N) is 1. The third-order valence-electron chi connectivity index (χ3n) is 4.68. The van der Waals surface area contributed by atoms with Gasteiger partial charge in [0.15, 0.2) is 0 Å². The van der Waals surface area contributed by atoms with Crippen molar-refractivity contribution in [2.45, 2.75) is 33.6 Å². The first-order chi connectivity index (χ1) is 11.4. The average Bonchev–Trinajstić information content (AvgIpc) is 2.48. The molecule has 2 aromatic rings. The van der Waals surface area contributed by atoms with E-state index in [1.807, 2.05) is 26.0 Å². The summed E-state index contributed by atoms with van der Waals surface area (Å²) in [5.41, 5.74) is 2.71. The summed E-state index contributed by atoms with van der Waals surface area (Å²) < 4.78 is 5.24. The predicted octanol–water partition coefficient (Wildman–Crippen LogP) is 3.08. The van der Waals surface area contributed by atoms with Gasteiger partial charge < -0.3 is 9.73 Å². The third-order valence-corrected chi connectivity index (χ3v) is 4.68. The minimum absolute atomic E-state index is 0.00147. The van der Waals surface area contributed by atoms with E-state index in [2.05, 4.69) is 17.1 Å². The Labute approximate surface area is 141 Å². The summed E-state index contributed by atoms with van der Waals surface area (Å²) in [5.74, 6) is 0.654. The summed E-state index contributed by atoms with van der Waals surface area (Å²) in [5, 5.41) is 3.86. The fourth-order valence-corrected chi connectivity index (χ4v) is 3.42. The van der Waals surface area contributed by atoms with Gasteiger partial charge in [-0.2, -0.15) is 0 Å². The molecule has 1 fully saturated rings. The van der Waals surface area contributed by atoms with Crippen LogP contribution in [0.5, 0.6) is 0 Å². The molecule has 0 aliphatic carbocycles. The fourth-order valence-electron chi connectivity index (χ4n) is 3.42. The molecule has 1 aromatic carbocycles. The molecule has 5 heteroatoms. The normalized spacial score (nSPS) is 18.7. The summed E-state index contributed by atoms with van der Waals surface area (Å²) in [6, 6.07) is 5.17. The Morgan fingerprint density at radius 2 is 2.08 bits per heavy atom. The molecule has 0 bridgehead atoms. The Morgan fingerprint density at radius 3 is 2.83 bits per heavy atom. The minimum Gasteiger partial charge on any atom is -0.423 e. The number of benzene rings is 1. The fraction of sp³-hybridized carbons (Fsp3) is 0.474. The predicted molar refractivity (Wildman–Crippen MR) is 95.4 cm³/mol. The van der Waals surface area contributed by atoms with E-state index in [0.29, 0.717) is 18.0 Å². The highest BCUT2D eigenvalue weighted by molar-refractivity contribution is 5.96. The minimum atomic E-state index is -0.351. The SMILES string of the molecule is Cc1cc2oc(=O)cc(C)c2cc1NC(=O)CN1CCCC(C)C1. The molecular formula is C19H24N2O3. The number of piperidine rings is 1. The van der Waals surface area contributed by atoms with Crippen LogP contribution < -0.4 is 10.9 Å². The van der Waals surface area contributed by atoms with Crippen LogP contribution in [-0.4, -0.2) is 30.4 Å². The van der Waals surface area contributed by atoms with Crippen molar-refractivity contribution in [1.82, 2.24) is 4.90 Å². The number of nitrogens with one attached hydrogen (secondary N) is 1. The van der Waals surface area contributed by atoms with Crippen LogP contribution in [0.2, 0.25) is 0 Å². The van der Waals surface area contributed by atoms with E-state index in [1.54, 1.807) is 0 Å². The number of amides is 1. The lowest BCUT2D eigenvalue weighted by atomic mass is 10.0.